The summed E-state index contributed by atoms with van der Waals surface area (Å²) in [5, 5.41) is 2.95. The Kier molecular flexibility index (Phi) is 9.11. The molecule has 3 N–H and O–H groups in total. The molecule has 0 atom stereocenters. The van der Waals surface area contributed by atoms with Gasteiger partial charge in [0.05, 0.1) is 13.5 Å². The van der Waals surface area contributed by atoms with Crippen molar-refractivity contribution in [3.8, 4) is 5.75 Å². The molecule has 6 heteroatoms. The first-order valence-electron chi connectivity index (χ1n) is 12.3. The van der Waals surface area contributed by atoms with E-state index in [1.807, 2.05) is 53.4 Å². The monoisotopic (exact) mass is 465 g/mol. The number of benzene rings is 2. The molecule has 2 aromatic carbocycles. The maximum Gasteiger partial charge on any atom is 0.228 e. The van der Waals surface area contributed by atoms with Gasteiger partial charge in [0.15, 0.2) is 0 Å². The number of hydrogen-bond acceptors (Lipinski definition) is 4. The smallest absolute Gasteiger partial charge is 0.228 e. The van der Waals surface area contributed by atoms with E-state index >= 15 is 0 Å². The van der Waals surface area contributed by atoms with Gasteiger partial charge in [-0.25, -0.2) is 0 Å². The van der Waals surface area contributed by atoms with Gasteiger partial charge in [0.25, 0.3) is 0 Å². The molecule has 0 unspecified atom stereocenters. The number of rotatable bonds is 10. The maximum atomic E-state index is 13.3. The number of nitrogens with zero attached hydrogens (tertiary/aromatic N) is 1. The molecule has 2 aromatic rings. The summed E-state index contributed by atoms with van der Waals surface area (Å²) in [6.07, 6.45) is 5.76. The summed E-state index contributed by atoms with van der Waals surface area (Å²) >= 11 is 0. The Morgan fingerprint density at radius 1 is 1.00 bits per heavy atom. The lowest BCUT2D eigenvalue weighted by Gasteiger charge is -2.35. The van der Waals surface area contributed by atoms with E-state index in [9.17, 15) is 9.59 Å². The number of carbonyl (C=O) groups excluding carboxylic acids is 2. The number of ether oxygens (including phenoxy) is 1. The summed E-state index contributed by atoms with van der Waals surface area (Å²) in [4.78, 5) is 27.8. The zero-order chi connectivity index (χ0) is 24.6. The third kappa shape index (κ3) is 7.59. The van der Waals surface area contributed by atoms with Crippen LogP contribution in [-0.2, 0) is 22.6 Å². The van der Waals surface area contributed by atoms with Crippen LogP contribution in [0.15, 0.2) is 48.5 Å². The van der Waals surface area contributed by atoms with E-state index < -0.39 is 0 Å². The van der Waals surface area contributed by atoms with Crippen molar-refractivity contribution in [2.75, 3.05) is 25.5 Å². The largest absolute Gasteiger partial charge is 0.497 e. The minimum Gasteiger partial charge on any atom is -0.497 e. The predicted octanol–water partition coefficient (Wildman–Crippen LogP) is 4.77. The predicted molar refractivity (Wildman–Crippen MR) is 137 cm³/mol. The molecule has 0 saturated heterocycles. The van der Waals surface area contributed by atoms with Crippen molar-refractivity contribution >= 4 is 17.5 Å². The van der Waals surface area contributed by atoms with Crippen LogP contribution in [0.1, 0.15) is 57.1 Å². The molecule has 1 fully saturated rings. The number of carbonyl (C=O) groups is 2. The van der Waals surface area contributed by atoms with E-state index in [1.54, 1.807) is 7.11 Å². The number of anilines is 1. The Morgan fingerprint density at radius 3 is 2.21 bits per heavy atom. The number of methoxy groups -OCH3 is 1. The highest BCUT2D eigenvalue weighted by Crippen LogP contribution is 2.28. The molecule has 0 bridgehead atoms. The summed E-state index contributed by atoms with van der Waals surface area (Å²) in [6.45, 7) is 5.93. The summed E-state index contributed by atoms with van der Waals surface area (Å²) in [5.41, 5.74) is 8.56. The average molecular weight is 466 g/mol. The van der Waals surface area contributed by atoms with Crippen LogP contribution >= 0.6 is 0 Å². The molecule has 0 heterocycles. The third-order valence-electron chi connectivity index (χ3n) is 6.57. The Morgan fingerprint density at radius 2 is 1.62 bits per heavy atom. The van der Waals surface area contributed by atoms with E-state index in [2.05, 4.69) is 19.2 Å². The second-order valence-corrected chi connectivity index (χ2v) is 10.2. The summed E-state index contributed by atoms with van der Waals surface area (Å²) < 4.78 is 5.16. The minimum atomic E-state index is -0.139. The van der Waals surface area contributed by atoms with Crippen molar-refractivity contribution in [2.45, 2.75) is 58.9 Å². The van der Waals surface area contributed by atoms with Crippen molar-refractivity contribution in [2.24, 2.45) is 17.1 Å². The molecular formula is C28H39N3O3. The van der Waals surface area contributed by atoms with Crippen LogP contribution in [0.4, 0.5) is 5.69 Å². The molecule has 184 valence electrons. The minimum absolute atomic E-state index is 0.0725. The highest BCUT2D eigenvalue weighted by atomic mass is 16.5. The van der Waals surface area contributed by atoms with Gasteiger partial charge in [-0.3, -0.25) is 9.59 Å². The molecule has 1 aliphatic rings. The Hall–Kier alpha value is -2.86. The first-order valence-corrected chi connectivity index (χ1v) is 12.3. The third-order valence-corrected chi connectivity index (χ3v) is 6.57. The van der Waals surface area contributed by atoms with Gasteiger partial charge in [0, 0.05) is 24.7 Å². The SMILES string of the molecule is COc1ccc(CC(=O)Nc2ccc(CN(CC(C)(C)CN)C(=O)C3CCCCC3)cc2)cc1. The lowest BCUT2D eigenvalue weighted by atomic mass is 9.87. The highest BCUT2D eigenvalue weighted by molar-refractivity contribution is 5.92. The van der Waals surface area contributed by atoms with Crippen molar-refractivity contribution < 1.29 is 14.3 Å². The van der Waals surface area contributed by atoms with E-state index in [-0.39, 0.29) is 23.1 Å². The highest BCUT2D eigenvalue weighted by Gasteiger charge is 2.29. The maximum absolute atomic E-state index is 13.3. The van der Waals surface area contributed by atoms with Crippen molar-refractivity contribution in [3.63, 3.8) is 0 Å². The first-order chi connectivity index (χ1) is 16.3. The van der Waals surface area contributed by atoms with Gasteiger partial charge in [-0.15, -0.1) is 0 Å². The van der Waals surface area contributed by atoms with Gasteiger partial charge in [-0.05, 0) is 60.2 Å². The standard InChI is InChI=1S/C28H39N3O3/c1-28(2,19-29)20-31(27(33)23-7-5-4-6-8-23)18-22-9-13-24(14-10-22)30-26(32)17-21-11-15-25(34-3)16-12-21/h9-16,23H,4-8,17-20,29H2,1-3H3,(H,30,32). The molecule has 1 aliphatic carbocycles. The second-order valence-electron chi connectivity index (χ2n) is 10.2. The Labute approximate surface area is 203 Å². The molecule has 1 saturated carbocycles. The van der Waals surface area contributed by atoms with Crippen LogP contribution in [0, 0.1) is 11.3 Å². The number of amides is 2. The fraction of sp³-hybridized carbons (Fsp3) is 0.500. The average Bonchev–Trinajstić information content (AvgIpc) is 2.85. The van der Waals surface area contributed by atoms with Gasteiger partial charge < -0.3 is 20.7 Å². The summed E-state index contributed by atoms with van der Waals surface area (Å²) in [5.74, 6) is 1.07. The van der Waals surface area contributed by atoms with E-state index in [0.29, 0.717) is 26.1 Å². The summed E-state index contributed by atoms with van der Waals surface area (Å²) in [6, 6.07) is 15.3. The van der Waals surface area contributed by atoms with Gasteiger partial charge in [0.1, 0.15) is 5.75 Å². The molecule has 0 aliphatic heterocycles. The first kappa shape index (κ1) is 25.8. The van der Waals surface area contributed by atoms with Gasteiger partial charge in [-0.1, -0.05) is 57.4 Å². The molecule has 2 amide bonds. The van der Waals surface area contributed by atoms with Crippen LogP contribution in [0.3, 0.4) is 0 Å². The molecule has 0 spiro atoms. The topological polar surface area (TPSA) is 84.7 Å². The van der Waals surface area contributed by atoms with Crippen molar-refractivity contribution in [1.29, 1.82) is 0 Å². The van der Waals surface area contributed by atoms with Gasteiger partial charge in [0.2, 0.25) is 11.8 Å². The van der Waals surface area contributed by atoms with Crippen molar-refractivity contribution in [1.82, 2.24) is 4.90 Å². The second kappa shape index (κ2) is 12.0. The molecule has 3 rings (SSSR count). The molecule has 0 aromatic heterocycles. The lowest BCUT2D eigenvalue weighted by molar-refractivity contribution is -0.138. The van der Waals surface area contributed by atoms with Crippen molar-refractivity contribution in [3.05, 3.63) is 59.7 Å². The van der Waals surface area contributed by atoms with E-state index in [4.69, 9.17) is 10.5 Å². The fourth-order valence-electron chi connectivity index (χ4n) is 4.45. The molecule has 6 nitrogen and oxygen atoms in total. The summed E-state index contributed by atoms with van der Waals surface area (Å²) in [7, 11) is 1.62. The quantitative estimate of drug-likeness (QED) is 0.529. The fourth-order valence-corrected chi connectivity index (χ4v) is 4.45. The number of hydrogen-bond donors (Lipinski definition) is 2. The molecule has 34 heavy (non-hydrogen) atoms. The van der Waals surface area contributed by atoms with Gasteiger partial charge in [-0.2, -0.15) is 0 Å². The lowest BCUT2D eigenvalue weighted by Crippen LogP contribution is -2.44. The van der Waals surface area contributed by atoms with E-state index in [0.717, 1.165) is 48.2 Å². The zero-order valence-electron chi connectivity index (χ0n) is 20.8. The number of nitrogens with one attached hydrogen (secondary N) is 1. The van der Waals surface area contributed by atoms with Crippen LogP contribution < -0.4 is 15.8 Å². The van der Waals surface area contributed by atoms with Crippen LogP contribution in [0.5, 0.6) is 5.75 Å². The van der Waals surface area contributed by atoms with Crippen LogP contribution in [0.25, 0.3) is 0 Å². The molecule has 0 radical (unpaired) electrons. The Balaban J connectivity index is 1.62. The Bertz CT molecular complexity index is 932. The van der Waals surface area contributed by atoms with Crippen LogP contribution in [-0.4, -0.2) is 36.9 Å². The zero-order valence-corrected chi connectivity index (χ0v) is 20.8. The van der Waals surface area contributed by atoms with Gasteiger partial charge >= 0.3 is 0 Å². The molecular weight excluding hydrogens is 426 g/mol. The van der Waals surface area contributed by atoms with Crippen LogP contribution in [0.2, 0.25) is 0 Å². The van der Waals surface area contributed by atoms with E-state index in [1.165, 1.54) is 6.42 Å². The normalized spacial score (nSPS) is 14.5. The number of nitrogens with two attached hydrogens (primary N) is 1.